The number of amides is 1. The van der Waals surface area contributed by atoms with Gasteiger partial charge < -0.3 is 10.4 Å². The topological polar surface area (TPSA) is 69.6 Å². The summed E-state index contributed by atoms with van der Waals surface area (Å²) in [6.45, 7) is 0.921. The summed E-state index contributed by atoms with van der Waals surface area (Å²) in [7, 11) is 0. The van der Waals surface area contributed by atoms with Crippen LogP contribution in [0.2, 0.25) is 0 Å². The van der Waals surface area contributed by atoms with Crippen LogP contribution < -0.4 is 5.32 Å². The lowest BCUT2D eigenvalue weighted by atomic mass is 10.1. The number of hydrogen-bond donors (Lipinski definition) is 2. The van der Waals surface area contributed by atoms with Gasteiger partial charge in [-0.3, -0.25) is 9.69 Å². The summed E-state index contributed by atoms with van der Waals surface area (Å²) in [4.78, 5) is 23.9. The Kier molecular flexibility index (Phi) is 2.90. The van der Waals surface area contributed by atoms with Crippen LogP contribution in [0.5, 0.6) is 0 Å². The van der Waals surface area contributed by atoms with Gasteiger partial charge in [0.15, 0.2) is 5.78 Å². The normalized spacial score (nSPS) is 25.2. The molecule has 2 aliphatic rings. The van der Waals surface area contributed by atoms with Gasteiger partial charge in [0.25, 0.3) is 0 Å². The monoisotopic (exact) mass is 212 g/mol. The number of carboxylic acid groups (broad SMARTS) is 1. The van der Waals surface area contributed by atoms with E-state index >= 15 is 0 Å². The Hall–Kier alpha value is -1.10. The number of nitrogens with one attached hydrogen (secondary N) is 1. The molecule has 0 aromatic rings. The van der Waals surface area contributed by atoms with Crippen LogP contribution >= 0.6 is 0 Å². The van der Waals surface area contributed by atoms with Gasteiger partial charge in [-0.1, -0.05) is 0 Å². The Morgan fingerprint density at radius 3 is 2.53 bits per heavy atom. The van der Waals surface area contributed by atoms with E-state index in [-0.39, 0.29) is 24.4 Å². The van der Waals surface area contributed by atoms with E-state index < -0.39 is 6.09 Å². The van der Waals surface area contributed by atoms with Crippen molar-refractivity contribution in [2.45, 2.75) is 37.8 Å². The first kappa shape index (κ1) is 10.4. The van der Waals surface area contributed by atoms with E-state index in [1.807, 2.05) is 0 Å². The van der Waals surface area contributed by atoms with E-state index in [0.29, 0.717) is 0 Å². The number of carbonyl (C=O) groups excluding carboxylic acids is 1. The van der Waals surface area contributed by atoms with Crippen molar-refractivity contribution < 1.29 is 14.7 Å². The zero-order valence-corrected chi connectivity index (χ0v) is 8.61. The van der Waals surface area contributed by atoms with Crippen LogP contribution in [-0.2, 0) is 4.79 Å². The second kappa shape index (κ2) is 4.18. The number of hydrogen-bond acceptors (Lipinski definition) is 3. The maximum atomic E-state index is 11.7. The summed E-state index contributed by atoms with van der Waals surface area (Å²) >= 11 is 0. The van der Waals surface area contributed by atoms with Crippen molar-refractivity contribution in [1.82, 2.24) is 10.2 Å². The lowest BCUT2D eigenvalue weighted by Crippen LogP contribution is -2.42. The van der Waals surface area contributed by atoms with Crippen molar-refractivity contribution >= 4 is 11.9 Å². The van der Waals surface area contributed by atoms with Crippen molar-refractivity contribution in [2.75, 3.05) is 13.1 Å². The molecule has 5 nitrogen and oxygen atoms in total. The molecule has 1 atom stereocenters. The lowest BCUT2D eigenvalue weighted by Gasteiger charge is -2.19. The number of nitrogens with zero attached hydrogens (tertiary/aromatic N) is 1. The summed E-state index contributed by atoms with van der Waals surface area (Å²) in [5, 5.41) is 12.0. The zero-order chi connectivity index (χ0) is 10.8. The molecule has 0 radical (unpaired) electrons. The second-order valence-corrected chi connectivity index (χ2v) is 4.26. The Labute approximate surface area is 88.4 Å². The van der Waals surface area contributed by atoms with Crippen LogP contribution in [-0.4, -0.2) is 47.1 Å². The van der Waals surface area contributed by atoms with E-state index in [0.717, 1.165) is 32.2 Å². The SMILES string of the molecule is O=C(CN(C(=O)O)C1CC1)[C@@H]1CCCN1. The quantitative estimate of drug-likeness (QED) is 0.710. The number of ketones is 1. The molecule has 2 rings (SSSR count). The van der Waals surface area contributed by atoms with Crippen molar-refractivity contribution in [3.63, 3.8) is 0 Å². The summed E-state index contributed by atoms with van der Waals surface area (Å²) in [5.74, 6) is 0.0156. The number of Topliss-reactive ketones (excluding diaryl/α,β-unsaturated/α-hetero) is 1. The molecule has 1 saturated heterocycles. The van der Waals surface area contributed by atoms with Crippen LogP contribution in [0.15, 0.2) is 0 Å². The predicted molar refractivity (Wildman–Crippen MR) is 53.8 cm³/mol. The fourth-order valence-corrected chi connectivity index (χ4v) is 1.98. The molecule has 1 aliphatic heterocycles. The molecule has 1 heterocycles. The molecule has 5 heteroatoms. The van der Waals surface area contributed by atoms with Gasteiger partial charge in [0, 0.05) is 6.04 Å². The van der Waals surface area contributed by atoms with Gasteiger partial charge in [0.05, 0.1) is 12.6 Å². The Morgan fingerprint density at radius 1 is 1.33 bits per heavy atom. The molecule has 0 unspecified atom stereocenters. The van der Waals surface area contributed by atoms with Crippen molar-refractivity contribution in [3.8, 4) is 0 Å². The van der Waals surface area contributed by atoms with Gasteiger partial charge in [-0.25, -0.2) is 4.79 Å². The number of carbonyl (C=O) groups is 2. The third-order valence-corrected chi connectivity index (χ3v) is 3.01. The first-order valence-corrected chi connectivity index (χ1v) is 5.44. The van der Waals surface area contributed by atoms with Crippen LogP contribution in [0.3, 0.4) is 0 Å². The molecule has 15 heavy (non-hydrogen) atoms. The minimum atomic E-state index is -0.969. The Bertz CT molecular complexity index is 270. The standard InChI is InChI=1S/C10H16N2O3/c13-9(8-2-1-5-11-8)6-12(10(14)15)7-3-4-7/h7-8,11H,1-6H2,(H,14,15)/t8-/m0/s1. The van der Waals surface area contributed by atoms with E-state index in [9.17, 15) is 9.59 Å². The summed E-state index contributed by atoms with van der Waals surface area (Å²) in [6.07, 6.45) is 2.68. The first-order valence-electron chi connectivity index (χ1n) is 5.44. The van der Waals surface area contributed by atoms with Crippen LogP contribution in [0.25, 0.3) is 0 Å². The van der Waals surface area contributed by atoms with Gasteiger partial charge in [0.1, 0.15) is 0 Å². The largest absolute Gasteiger partial charge is 0.465 e. The average Bonchev–Trinajstić information content (AvgIpc) is 2.87. The fraction of sp³-hybridized carbons (Fsp3) is 0.800. The highest BCUT2D eigenvalue weighted by atomic mass is 16.4. The highest BCUT2D eigenvalue weighted by Gasteiger charge is 2.35. The van der Waals surface area contributed by atoms with Gasteiger partial charge in [-0.15, -0.1) is 0 Å². The van der Waals surface area contributed by atoms with Gasteiger partial charge in [0.2, 0.25) is 0 Å². The molecule has 2 N–H and O–H groups in total. The van der Waals surface area contributed by atoms with Gasteiger partial charge >= 0.3 is 6.09 Å². The maximum Gasteiger partial charge on any atom is 0.407 e. The maximum absolute atomic E-state index is 11.7. The minimum absolute atomic E-state index is 0.0156. The molecule has 1 amide bonds. The zero-order valence-electron chi connectivity index (χ0n) is 8.61. The smallest absolute Gasteiger partial charge is 0.407 e. The van der Waals surface area contributed by atoms with E-state index in [2.05, 4.69) is 5.32 Å². The molecule has 0 spiro atoms. The Balaban J connectivity index is 1.87. The first-order chi connectivity index (χ1) is 7.18. The molecule has 0 aromatic heterocycles. The summed E-state index contributed by atoms with van der Waals surface area (Å²) < 4.78 is 0. The molecular weight excluding hydrogens is 196 g/mol. The van der Waals surface area contributed by atoms with Crippen molar-refractivity contribution in [2.24, 2.45) is 0 Å². The van der Waals surface area contributed by atoms with Gasteiger partial charge in [-0.05, 0) is 32.2 Å². The molecule has 0 aromatic carbocycles. The molecular formula is C10H16N2O3. The van der Waals surface area contributed by atoms with E-state index in [4.69, 9.17) is 5.11 Å². The predicted octanol–water partition coefficient (Wildman–Crippen LogP) is 0.450. The third-order valence-electron chi connectivity index (χ3n) is 3.01. The lowest BCUT2D eigenvalue weighted by molar-refractivity contribution is -0.121. The van der Waals surface area contributed by atoms with E-state index in [1.165, 1.54) is 4.90 Å². The third kappa shape index (κ3) is 2.47. The fourth-order valence-electron chi connectivity index (χ4n) is 1.98. The van der Waals surface area contributed by atoms with Crippen LogP contribution in [0.4, 0.5) is 4.79 Å². The number of rotatable bonds is 4. The van der Waals surface area contributed by atoms with Crippen LogP contribution in [0.1, 0.15) is 25.7 Å². The summed E-state index contributed by atoms with van der Waals surface area (Å²) in [6, 6.07) is -0.0292. The van der Waals surface area contributed by atoms with Crippen molar-refractivity contribution in [3.05, 3.63) is 0 Å². The Morgan fingerprint density at radius 2 is 2.07 bits per heavy atom. The summed E-state index contributed by atoms with van der Waals surface area (Å²) in [5.41, 5.74) is 0. The molecule has 1 aliphatic carbocycles. The van der Waals surface area contributed by atoms with E-state index in [1.54, 1.807) is 0 Å². The molecule has 2 fully saturated rings. The average molecular weight is 212 g/mol. The molecule has 1 saturated carbocycles. The molecule has 0 bridgehead atoms. The van der Waals surface area contributed by atoms with Crippen LogP contribution in [0, 0.1) is 0 Å². The highest BCUT2D eigenvalue weighted by Crippen LogP contribution is 2.26. The van der Waals surface area contributed by atoms with Crippen molar-refractivity contribution in [1.29, 1.82) is 0 Å². The minimum Gasteiger partial charge on any atom is -0.465 e. The second-order valence-electron chi connectivity index (χ2n) is 4.26. The molecule has 84 valence electrons. The highest BCUT2D eigenvalue weighted by molar-refractivity contribution is 5.88. The van der Waals surface area contributed by atoms with Gasteiger partial charge in [-0.2, -0.15) is 0 Å².